The van der Waals surface area contributed by atoms with E-state index < -0.39 is 6.10 Å². The van der Waals surface area contributed by atoms with Crippen molar-refractivity contribution in [2.45, 2.75) is 18.6 Å². The summed E-state index contributed by atoms with van der Waals surface area (Å²) in [6.07, 6.45) is 0.311. The summed E-state index contributed by atoms with van der Waals surface area (Å²) in [5.41, 5.74) is 8.10. The van der Waals surface area contributed by atoms with Crippen molar-refractivity contribution < 1.29 is 5.11 Å². The number of halogens is 1. The van der Waals surface area contributed by atoms with Gasteiger partial charge in [0.1, 0.15) is 0 Å². The highest BCUT2D eigenvalue weighted by Crippen LogP contribution is 2.30. The number of aliphatic hydroxyl groups is 1. The molecule has 1 aromatic rings. The second kappa shape index (κ2) is 2.97. The second-order valence-corrected chi connectivity index (χ2v) is 4.39. The van der Waals surface area contributed by atoms with Crippen LogP contribution < -0.4 is 5.73 Å². The SMILES string of the molecule is NC1c2cc(I)ccc2C[C@H]1O. The predicted molar refractivity (Wildman–Crippen MR) is 55.8 cm³/mol. The highest BCUT2D eigenvalue weighted by Gasteiger charge is 2.27. The van der Waals surface area contributed by atoms with Gasteiger partial charge in [-0.3, -0.25) is 0 Å². The third-order valence-electron chi connectivity index (χ3n) is 2.31. The standard InChI is InChI=1S/C9H10INO/c10-6-2-1-5-3-8(12)9(11)7(5)4-6/h1-2,4,8-9,12H,3,11H2/t8-,9?/m1/s1. The Morgan fingerprint density at radius 1 is 1.50 bits per heavy atom. The molecule has 0 radical (unpaired) electrons. The topological polar surface area (TPSA) is 46.2 Å². The maximum absolute atomic E-state index is 9.48. The van der Waals surface area contributed by atoms with E-state index in [9.17, 15) is 5.11 Å². The van der Waals surface area contributed by atoms with E-state index in [1.807, 2.05) is 12.1 Å². The Kier molecular flexibility index (Phi) is 2.10. The summed E-state index contributed by atoms with van der Waals surface area (Å²) in [5.74, 6) is 0. The average Bonchev–Trinajstić information content (AvgIpc) is 2.31. The van der Waals surface area contributed by atoms with Gasteiger partial charge >= 0.3 is 0 Å². The van der Waals surface area contributed by atoms with Gasteiger partial charge in [-0.15, -0.1) is 0 Å². The van der Waals surface area contributed by atoms with Crippen LogP contribution >= 0.6 is 22.6 Å². The Balaban J connectivity index is 2.48. The highest BCUT2D eigenvalue weighted by molar-refractivity contribution is 14.1. The average molecular weight is 275 g/mol. The van der Waals surface area contributed by atoms with Gasteiger partial charge in [0.2, 0.25) is 0 Å². The normalized spacial score (nSPS) is 27.2. The smallest absolute Gasteiger partial charge is 0.0773 e. The van der Waals surface area contributed by atoms with Crippen LogP contribution in [0.5, 0.6) is 0 Å². The summed E-state index contributed by atoms with van der Waals surface area (Å²) in [5, 5.41) is 9.48. The minimum Gasteiger partial charge on any atom is -0.391 e. The zero-order valence-corrected chi connectivity index (χ0v) is 8.65. The van der Waals surface area contributed by atoms with Crippen molar-refractivity contribution in [1.29, 1.82) is 0 Å². The molecule has 0 fully saturated rings. The summed E-state index contributed by atoms with van der Waals surface area (Å²) in [6, 6.07) is 5.96. The van der Waals surface area contributed by atoms with Crippen LogP contribution in [0, 0.1) is 3.57 Å². The lowest BCUT2D eigenvalue weighted by atomic mass is 10.1. The number of hydrogen-bond donors (Lipinski definition) is 2. The van der Waals surface area contributed by atoms with Crippen LogP contribution in [-0.4, -0.2) is 11.2 Å². The maximum atomic E-state index is 9.48. The second-order valence-electron chi connectivity index (χ2n) is 3.14. The van der Waals surface area contributed by atoms with Crippen molar-refractivity contribution in [2.75, 3.05) is 0 Å². The molecule has 1 aliphatic carbocycles. The van der Waals surface area contributed by atoms with E-state index in [2.05, 4.69) is 28.7 Å². The summed E-state index contributed by atoms with van der Waals surface area (Å²) in [6.45, 7) is 0. The lowest BCUT2D eigenvalue weighted by molar-refractivity contribution is 0.158. The lowest BCUT2D eigenvalue weighted by Crippen LogP contribution is -2.21. The molecule has 12 heavy (non-hydrogen) atoms. The quantitative estimate of drug-likeness (QED) is 0.699. The molecule has 0 aliphatic heterocycles. The van der Waals surface area contributed by atoms with Crippen molar-refractivity contribution in [2.24, 2.45) is 5.73 Å². The van der Waals surface area contributed by atoms with Gasteiger partial charge in [0, 0.05) is 9.99 Å². The molecular weight excluding hydrogens is 265 g/mol. The van der Waals surface area contributed by atoms with E-state index in [-0.39, 0.29) is 6.04 Å². The molecule has 0 heterocycles. The molecule has 0 aromatic heterocycles. The third-order valence-corrected chi connectivity index (χ3v) is 2.98. The fraction of sp³-hybridized carbons (Fsp3) is 0.333. The molecule has 1 aliphatic rings. The van der Waals surface area contributed by atoms with Crippen molar-refractivity contribution in [3.8, 4) is 0 Å². The van der Waals surface area contributed by atoms with Crippen molar-refractivity contribution in [3.63, 3.8) is 0 Å². The van der Waals surface area contributed by atoms with Gasteiger partial charge < -0.3 is 10.8 Å². The van der Waals surface area contributed by atoms with Crippen LogP contribution in [0.2, 0.25) is 0 Å². The molecular formula is C9H10INO. The molecule has 64 valence electrons. The largest absolute Gasteiger partial charge is 0.391 e. The summed E-state index contributed by atoms with van der Waals surface area (Å²) in [4.78, 5) is 0. The molecule has 1 unspecified atom stereocenters. The van der Waals surface area contributed by atoms with Crippen LogP contribution in [0.4, 0.5) is 0 Å². The number of benzene rings is 1. The molecule has 2 atom stereocenters. The molecule has 0 spiro atoms. The van der Waals surface area contributed by atoms with Crippen molar-refractivity contribution >= 4 is 22.6 Å². The Morgan fingerprint density at radius 3 is 3.00 bits per heavy atom. The minimum absolute atomic E-state index is 0.185. The third kappa shape index (κ3) is 1.26. The van der Waals surface area contributed by atoms with Gasteiger partial charge in [-0.25, -0.2) is 0 Å². The summed E-state index contributed by atoms with van der Waals surface area (Å²) >= 11 is 2.25. The van der Waals surface area contributed by atoms with Gasteiger partial charge in [-0.05, 0) is 45.9 Å². The molecule has 3 N–H and O–H groups in total. The van der Waals surface area contributed by atoms with Crippen LogP contribution in [-0.2, 0) is 6.42 Å². The van der Waals surface area contributed by atoms with Gasteiger partial charge in [0.25, 0.3) is 0 Å². The molecule has 0 saturated carbocycles. The molecule has 0 bridgehead atoms. The van der Waals surface area contributed by atoms with Crippen LogP contribution in [0.3, 0.4) is 0 Å². The zero-order chi connectivity index (χ0) is 8.72. The minimum atomic E-state index is -0.391. The highest BCUT2D eigenvalue weighted by atomic mass is 127. The summed E-state index contributed by atoms with van der Waals surface area (Å²) < 4.78 is 1.18. The molecule has 3 heteroatoms. The zero-order valence-electron chi connectivity index (χ0n) is 6.50. The number of rotatable bonds is 0. The Hall–Kier alpha value is -0.130. The first-order chi connectivity index (χ1) is 5.68. The van der Waals surface area contributed by atoms with Crippen LogP contribution in [0.1, 0.15) is 17.2 Å². The van der Waals surface area contributed by atoms with E-state index in [0.29, 0.717) is 6.42 Å². The number of hydrogen-bond acceptors (Lipinski definition) is 2. The number of fused-ring (bicyclic) bond motifs is 1. The first-order valence-corrected chi connectivity index (χ1v) is 4.98. The fourth-order valence-corrected chi connectivity index (χ4v) is 2.14. The van der Waals surface area contributed by atoms with E-state index in [4.69, 9.17) is 5.73 Å². The molecule has 1 aromatic carbocycles. The monoisotopic (exact) mass is 275 g/mol. The maximum Gasteiger partial charge on any atom is 0.0773 e. The van der Waals surface area contributed by atoms with Crippen LogP contribution in [0.15, 0.2) is 18.2 Å². The van der Waals surface area contributed by atoms with E-state index in [1.165, 1.54) is 9.13 Å². The summed E-state index contributed by atoms with van der Waals surface area (Å²) in [7, 11) is 0. The van der Waals surface area contributed by atoms with Crippen molar-refractivity contribution in [1.82, 2.24) is 0 Å². The molecule has 2 nitrogen and oxygen atoms in total. The predicted octanol–water partition coefficient (Wildman–Crippen LogP) is 1.21. The Bertz CT molecular complexity index is 313. The molecule has 0 amide bonds. The van der Waals surface area contributed by atoms with E-state index in [1.54, 1.807) is 0 Å². The first kappa shape index (κ1) is 8.47. The van der Waals surface area contributed by atoms with Gasteiger partial charge in [0.05, 0.1) is 12.1 Å². The van der Waals surface area contributed by atoms with Gasteiger partial charge in [-0.1, -0.05) is 6.07 Å². The molecule has 2 rings (SSSR count). The van der Waals surface area contributed by atoms with Crippen LogP contribution in [0.25, 0.3) is 0 Å². The van der Waals surface area contributed by atoms with Gasteiger partial charge in [0.15, 0.2) is 0 Å². The molecule has 0 saturated heterocycles. The lowest BCUT2D eigenvalue weighted by Gasteiger charge is -2.08. The van der Waals surface area contributed by atoms with Gasteiger partial charge in [-0.2, -0.15) is 0 Å². The van der Waals surface area contributed by atoms with Crippen molar-refractivity contribution in [3.05, 3.63) is 32.9 Å². The fourth-order valence-electron chi connectivity index (χ4n) is 1.62. The Morgan fingerprint density at radius 2 is 2.25 bits per heavy atom. The van der Waals surface area contributed by atoms with E-state index >= 15 is 0 Å². The number of nitrogens with two attached hydrogens (primary N) is 1. The Labute approximate surface area is 84.9 Å². The number of aliphatic hydroxyl groups excluding tert-OH is 1. The first-order valence-electron chi connectivity index (χ1n) is 3.90. The van der Waals surface area contributed by atoms with E-state index in [0.717, 1.165) is 5.56 Å².